The van der Waals surface area contributed by atoms with Gasteiger partial charge in [-0.25, -0.2) is 4.98 Å². The van der Waals surface area contributed by atoms with E-state index in [0.717, 1.165) is 82.4 Å². The number of nitrogens with one attached hydrogen (secondary N) is 1. The van der Waals surface area contributed by atoms with Crippen molar-refractivity contribution in [1.82, 2.24) is 19.8 Å². The van der Waals surface area contributed by atoms with Gasteiger partial charge in [0.2, 0.25) is 0 Å². The van der Waals surface area contributed by atoms with Crippen molar-refractivity contribution in [3.05, 3.63) is 36.7 Å². The van der Waals surface area contributed by atoms with Gasteiger partial charge in [0.1, 0.15) is 11.6 Å². The van der Waals surface area contributed by atoms with Crippen LogP contribution in [-0.4, -0.2) is 66.5 Å². The van der Waals surface area contributed by atoms with Gasteiger partial charge in [-0.2, -0.15) is 0 Å². The average molecular weight is 399 g/mol. The minimum Gasteiger partial charge on any atom is -0.494 e. The lowest BCUT2D eigenvalue weighted by molar-refractivity contribution is 0.0358. The molecule has 2 saturated heterocycles. The number of hydrogen-bond acceptors (Lipinski definition) is 5. The Morgan fingerprint density at radius 3 is 3.03 bits per heavy atom. The maximum Gasteiger partial charge on any atom is 0.140 e. The quantitative estimate of drug-likeness (QED) is 0.691. The SMILES string of the molecule is CC[C@H]1C[C@H](n2ccnc2-c2cccc(OCCCN3CCOCC3)c2)CCN1. The number of nitrogens with zero attached hydrogens (tertiary/aromatic N) is 3. The fraction of sp³-hybridized carbons (Fsp3) is 0.609. The predicted octanol–water partition coefficient (Wildman–Crippen LogP) is 3.35. The van der Waals surface area contributed by atoms with Crippen LogP contribution in [0.3, 0.4) is 0 Å². The van der Waals surface area contributed by atoms with Gasteiger partial charge in [0.25, 0.3) is 0 Å². The lowest BCUT2D eigenvalue weighted by Crippen LogP contribution is -2.38. The average Bonchev–Trinajstić information content (AvgIpc) is 3.28. The molecule has 6 nitrogen and oxygen atoms in total. The number of aromatic nitrogens is 2. The molecule has 2 aromatic rings. The second kappa shape index (κ2) is 10.2. The minimum absolute atomic E-state index is 0.511. The van der Waals surface area contributed by atoms with Crippen LogP contribution in [0.15, 0.2) is 36.7 Å². The zero-order chi connectivity index (χ0) is 19.9. The molecule has 0 amide bonds. The van der Waals surface area contributed by atoms with E-state index in [2.05, 4.69) is 51.1 Å². The molecule has 0 aliphatic carbocycles. The summed E-state index contributed by atoms with van der Waals surface area (Å²) in [5, 5.41) is 3.62. The Bertz CT molecular complexity index is 757. The van der Waals surface area contributed by atoms with Gasteiger partial charge in [-0.05, 0) is 44.4 Å². The summed E-state index contributed by atoms with van der Waals surface area (Å²) in [6.07, 6.45) is 8.58. The molecule has 2 atom stereocenters. The maximum atomic E-state index is 6.05. The summed E-state index contributed by atoms with van der Waals surface area (Å²) in [5.41, 5.74) is 1.13. The van der Waals surface area contributed by atoms with E-state index in [9.17, 15) is 0 Å². The van der Waals surface area contributed by atoms with Gasteiger partial charge in [0, 0.05) is 49.7 Å². The summed E-state index contributed by atoms with van der Waals surface area (Å²) < 4.78 is 13.8. The van der Waals surface area contributed by atoms with E-state index in [1.165, 1.54) is 6.42 Å². The molecule has 1 N–H and O–H groups in total. The molecule has 0 unspecified atom stereocenters. The van der Waals surface area contributed by atoms with Crippen LogP contribution in [0.2, 0.25) is 0 Å². The van der Waals surface area contributed by atoms with Crippen molar-refractivity contribution in [2.75, 3.05) is 46.0 Å². The maximum absolute atomic E-state index is 6.05. The van der Waals surface area contributed by atoms with Crippen molar-refractivity contribution in [3.63, 3.8) is 0 Å². The van der Waals surface area contributed by atoms with Crippen LogP contribution in [-0.2, 0) is 4.74 Å². The third kappa shape index (κ3) is 5.38. The Morgan fingerprint density at radius 2 is 2.17 bits per heavy atom. The van der Waals surface area contributed by atoms with Crippen LogP contribution in [0, 0.1) is 0 Å². The van der Waals surface area contributed by atoms with Gasteiger partial charge in [0.05, 0.1) is 19.8 Å². The Morgan fingerprint density at radius 1 is 1.28 bits per heavy atom. The minimum atomic E-state index is 0.511. The van der Waals surface area contributed by atoms with Crippen LogP contribution in [0.1, 0.15) is 38.6 Å². The normalized spacial score (nSPS) is 23.2. The smallest absolute Gasteiger partial charge is 0.140 e. The van der Waals surface area contributed by atoms with Crippen LogP contribution >= 0.6 is 0 Å². The second-order valence-corrected chi connectivity index (χ2v) is 8.08. The molecule has 0 bridgehead atoms. The highest BCUT2D eigenvalue weighted by atomic mass is 16.5. The van der Waals surface area contributed by atoms with Crippen molar-refractivity contribution in [2.45, 2.75) is 44.7 Å². The number of rotatable bonds is 8. The first kappa shape index (κ1) is 20.4. The van der Waals surface area contributed by atoms with Gasteiger partial charge in [-0.3, -0.25) is 4.90 Å². The van der Waals surface area contributed by atoms with Crippen molar-refractivity contribution in [2.24, 2.45) is 0 Å². The van der Waals surface area contributed by atoms with Crippen molar-refractivity contribution in [1.29, 1.82) is 0 Å². The first-order valence-corrected chi connectivity index (χ1v) is 11.1. The number of imidazole rings is 1. The van der Waals surface area contributed by atoms with Crippen molar-refractivity contribution in [3.8, 4) is 17.1 Å². The fourth-order valence-electron chi connectivity index (χ4n) is 4.41. The highest BCUT2D eigenvalue weighted by molar-refractivity contribution is 5.58. The monoisotopic (exact) mass is 398 g/mol. The number of ether oxygens (including phenoxy) is 2. The van der Waals surface area contributed by atoms with Crippen molar-refractivity contribution < 1.29 is 9.47 Å². The third-order valence-electron chi connectivity index (χ3n) is 6.11. The largest absolute Gasteiger partial charge is 0.494 e. The van der Waals surface area contributed by atoms with E-state index in [4.69, 9.17) is 9.47 Å². The summed E-state index contributed by atoms with van der Waals surface area (Å²) >= 11 is 0. The molecule has 0 saturated carbocycles. The van der Waals surface area contributed by atoms with E-state index >= 15 is 0 Å². The molecule has 2 fully saturated rings. The molecule has 2 aliphatic heterocycles. The Labute approximate surface area is 174 Å². The molecule has 0 radical (unpaired) electrons. The molecule has 4 rings (SSSR count). The summed E-state index contributed by atoms with van der Waals surface area (Å²) in [6, 6.07) is 9.50. The molecule has 6 heteroatoms. The molecule has 0 spiro atoms. The molecule has 3 heterocycles. The van der Waals surface area contributed by atoms with E-state index in [1.54, 1.807) is 0 Å². The fourth-order valence-corrected chi connectivity index (χ4v) is 4.41. The number of morpholine rings is 1. The zero-order valence-corrected chi connectivity index (χ0v) is 17.6. The van der Waals surface area contributed by atoms with Gasteiger partial charge < -0.3 is 19.4 Å². The van der Waals surface area contributed by atoms with E-state index in [1.807, 2.05) is 12.3 Å². The molecule has 2 aliphatic rings. The highest BCUT2D eigenvalue weighted by Crippen LogP contribution is 2.30. The molecule has 158 valence electrons. The molecule has 29 heavy (non-hydrogen) atoms. The number of hydrogen-bond donors (Lipinski definition) is 1. The Hall–Kier alpha value is -1.89. The van der Waals surface area contributed by atoms with Gasteiger partial charge in [0.15, 0.2) is 0 Å². The second-order valence-electron chi connectivity index (χ2n) is 8.08. The van der Waals surface area contributed by atoms with Gasteiger partial charge in [-0.15, -0.1) is 0 Å². The molecular weight excluding hydrogens is 364 g/mol. The van der Waals surface area contributed by atoms with Crippen LogP contribution in [0.25, 0.3) is 11.4 Å². The topological polar surface area (TPSA) is 51.5 Å². The summed E-state index contributed by atoms with van der Waals surface area (Å²) in [6.45, 7) is 8.92. The first-order valence-electron chi connectivity index (χ1n) is 11.1. The van der Waals surface area contributed by atoms with E-state index in [0.29, 0.717) is 12.1 Å². The number of piperidine rings is 1. The predicted molar refractivity (Wildman–Crippen MR) is 115 cm³/mol. The third-order valence-corrected chi connectivity index (χ3v) is 6.11. The summed E-state index contributed by atoms with van der Waals surface area (Å²) in [4.78, 5) is 7.13. The standard InChI is InChI=1S/C23H34N4O2/c1-2-20-18-21(7-8-24-20)27-11-9-25-23(27)19-5-3-6-22(17-19)29-14-4-10-26-12-15-28-16-13-26/h3,5-6,9,11,17,20-21,24H,2,4,7-8,10,12-16,18H2,1H3/t20-,21+/m0/s1. The molecule has 1 aromatic carbocycles. The van der Waals surface area contributed by atoms with Crippen molar-refractivity contribution >= 4 is 0 Å². The van der Waals surface area contributed by atoms with Crippen LogP contribution in [0.5, 0.6) is 5.75 Å². The lowest BCUT2D eigenvalue weighted by atomic mass is 9.97. The summed E-state index contributed by atoms with van der Waals surface area (Å²) in [7, 11) is 0. The first-order chi connectivity index (χ1) is 14.3. The summed E-state index contributed by atoms with van der Waals surface area (Å²) in [5.74, 6) is 1.97. The van der Waals surface area contributed by atoms with Crippen LogP contribution < -0.4 is 10.1 Å². The van der Waals surface area contributed by atoms with E-state index < -0.39 is 0 Å². The highest BCUT2D eigenvalue weighted by Gasteiger charge is 2.23. The molecular formula is C23H34N4O2. The van der Waals surface area contributed by atoms with Gasteiger partial charge in [-0.1, -0.05) is 19.1 Å². The zero-order valence-electron chi connectivity index (χ0n) is 17.6. The Balaban J connectivity index is 1.36. The Kier molecular flexibility index (Phi) is 7.19. The van der Waals surface area contributed by atoms with Crippen LogP contribution in [0.4, 0.5) is 0 Å². The lowest BCUT2D eigenvalue weighted by Gasteiger charge is -2.31. The van der Waals surface area contributed by atoms with E-state index in [-0.39, 0.29) is 0 Å². The number of benzene rings is 1. The van der Waals surface area contributed by atoms with Gasteiger partial charge >= 0.3 is 0 Å². The molecule has 1 aromatic heterocycles.